The Balaban J connectivity index is 1.59. The number of hydrogen-bond donors (Lipinski definition) is 2. The zero-order chi connectivity index (χ0) is 15.6. The predicted molar refractivity (Wildman–Crippen MR) is 88.3 cm³/mol. The van der Waals surface area contributed by atoms with Crippen molar-refractivity contribution in [2.24, 2.45) is 0 Å². The number of aliphatic hydroxyl groups is 1. The lowest BCUT2D eigenvalue weighted by Crippen LogP contribution is -1.98. The van der Waals surface area contributed by atoms with Gasteiger partial charge in [-0.25, -0.2) is 9.50 Å². The number of fused-ring (bicyclic) bond motifs is 1. The van der Waals surface area contributed by atoms with Crippen LogP contribution in [0.1, 0.15) is 11.3 Å². The maximum atomic E-state index is 9.44. The van der Waals surface area contributed by atoms with Crippen molar-refractivity contribution in [1.29, 1.82) is 0 Å². The summed E-state index contributed by atoms with van der Waals surface area (Å²) in [4.78, 5) is 5.40. The lowest BCUT2D eigenvalue weighted by Gasteiger charge is -2.03. The average Bonchev–Trinajstić information content (AvgIpc) is 3.28. The van der Waals surface area contributed by atoms with Crippen LogP contribution in [0, 0.1) is 0 Å². The number of rotatable bonds is 5. The van der Waals surface area contributed by atoms with Crippen molar-refractivity contribution in [3.8, 4) is 11.3 Å². The standard InChI is InChI=1S/C16H14N4O2S/c21-10-11-4-1-2-6-13(11)14-9-20-16(18-14)23-15(19-20)17-8-12-5-3-7-22-12/h1-7,9,21H,8,10H2,(H,17,19). The third kappa shape index (κ3) is 2.71. The van der Waals surface area contributed by atoms with Crippen molar-refractivity contribution in [3.05, 3.63) is 60.2 Å². The van der Waals surface area contributed by atoms with E-state index in [9.17, 15) is 5.11 Å². The van der Waals surface area contributed by atoms with E-state index in [4.69, 9.17) is 4.42 Å². The summed E-state index contributed by atoms with van der Waals surface area (Å²) in [6.07, 6.45) is 3.52. The first kappa shape index (κ1) is 14.0. The van der Waals surface area contributed by atoms with Crippen molar-refractivity contribution in [1.82, 2.24) is 14.6 Å². The van der Waals surface area contributed by atoms with Crippen LogP contribution >= 0.6 is 11.3 Å². The van der Waals surface area contributed by atoms with Crippen LogP contribution in [0.4, 0.5) is 5.13 Å². The van der Waals surface area contributed by atoms with Crippen LogP contribution in [0.3, 0.4) is 0 Å². The molecule has 23 heavy (non-hydrogen) atoms. The molecule has 6 nitrogen and oxygen atoms in total. The topological polar surface area (TPSA) is 75.6 Å². The average molecular weight is 326 g/mol. The van der Waals surface area contributed by atoms with Gasteiger partial charge in [0.1, 0.15) is 5.76 Å². The third-order valence-electron chi connectivity index (χ3n) is 3.50. The van der Waals surface area contributed by atoms with E-state index in [1.807, 2.05) is 42.6 Å². The molecule has 1 aromatic carbocycles. The summed E-state index contributed by atoms with van der Waals surface area (Å²) in [5.41, 5.74) is 2.60. The van der Waals surface area contributed by atoms with E-state index in [1.165, 1.54) is 11.3 Å². The van der Waals surface area contributed by atoms with Gasteiger partial charge >= 0.3 is 0 Å². The SMILES string of the molecule is OCc1ccccc1-c1cn2nc(NCc3ccco3)sc2n1. The summed E-state index contributed by atoms with van der Waals surface area (Å²) < 4.78 is 7.03. The summed E-state index contributed by atoms with van der Waals surface area (Å²) in [6.45, 7) is 0.578. The van der Waals surface area contributed by atoms with Crippen LogP contribution in [0.2, 0.25) is 0 Å². The Labute approximate surface area is 136 Å². The predicted octanol–water partition coefficient (Wildman–Crippen LogP) is 3.16. The zero-order valence-electron chi connectivity index (χ0n) is 12.1. The van der Waals surface area contributed by atoms with Crippen molar-refractivity contribution in [2.75, 3.05) is 5.32 Å². The molecule has 0 atom stereocenters. The minimum atomic E-state index is -0.00920. The molecule has 0 saturated carbocycles. The van der Waals surface area contributed by atoms with E-state index in [2.05, 4.69) is 15.4 Å². The Bertz CT molecular complexity index is 895. The summed E-state index contributed by atoms with van der Waals surface area (Å²) in [6, 6.07) is 11.5. The van der Waals surface area contributed by atoms with Gasteiger partial charge in [-0.15, -0.1) is 5.10 Å². The number of nitrogens with zero attached hydrogens (tertiary/aromatic N) is 3. The fraction of sp³-hybridized carbons (Fsp3) is 0.125. The molecule has 3 aromatic heterocycles. The van der Waals surface area contributed by atoms with Gasteiger partial charge in [-0.1, -0.05) is 35.6 Å². The van der Waals surface area contributed by atoms with Crippen molar-refractivity contribution < 1.29 is 9.52 Å². The van der Waals surface area contributed by atoms with Gasteiger partial charge in [0.15, 0.2) is 0 Å². The Morgan fingerprint density at radius 2 is 2.13 bits per heavy atom. The van der Waals surface area contributed by atoms with Crippen LogP contribution < -0.4 is 5.32 Å². The molecule has 0 spiro atoms. The molecule has 4 aromatic rings. The smallest absolute Gasteiger partial charge is 0.214 e. The number of hydrogen-bond acceptors (Lipinski definition) is 6. The quantitative estimate of drug-likeness (QED) is 0.589. The van der Waals surface area contributed by atoms with Gasteiger partial charge < -0.3 is 14.8 Å². The molecule has 3 heterocycles. The van der Waals surface area contributed by atoms with Crippen LogP contribution in [0.5, 0.6) is 0 Å². The Morgan fingerprint density at radius 3 is 2.91 bits per heavy atom. The van der Waals surface area contributed by atoms with Crippen molar-refractivity contribution in [3.63, 3.8) is 0 Å². The molecular formula is C16H14N4O2S. The first-order valence-electron chi connectivity index (χ1n) is 7.15. The highest BCUT2D eigenvalue weighted by molar-refractivity contribution is 7.20. The summed E-state index contributed by atoms with van der Waals surface area (Å²) >= 11 is 1.47. The largest absolute Gasteiger partial charge is 0.467 e. The maximum absolute atomic E-state index is 9.44. The van der Waals surface area contributed by atoms with Gasteiger partial charge in [-0.3, -0.25) is 0 Å². The molecule has 0 amide bonds. The minimum absolute atomic E-state index is 0.00920. The van der Waals surface area contributed by atoms with Gasteiger partial charge in [0.05, 0.1) is 31.3 Å². The molecule has 0 aliphatic heterocycles. The summed E-state index contributed by atoms with van der Waals surface area (Å²) in [5.74, 6) is 0.857. The normalized spacial score (nSPS) is 11.2. The highest BCUT2D eigenvalue weighted by atomic mass is 32.1. The lowest BCUT2D eigenvalue weighted by atomic mass is 10.1. The van der Waals surface area contributed by atoms with Crippen molar-refractivity contribution >= 4 is 21.4 Å². The Morgan fingerprint density at radius 1 is 1.22 bits per heavy atom. The molecule has 0 radical (unpaired) electrons. The van der Waals surface area contributed by atoms with E-state index >= 15 is 0 Å². The number of nitrogens with one attached hydrogen (secondary N) is 1. The molecular weight excluding hydrogens is 312 g/mol. The van der Waals surface area contributed by atoms with Crippen LogP contribution in [-0.4, -0.2) is 19.7 Å². The summed E-state index contributed by atoms with van der Waals surface area (Å²) in [7, 11) is 0. The second-order valence-electron chi connectivity index (χ2n) is 5.01. The van der Waals surface area contributed by atoms with E-state index < -0.39 is 0 Å². The lowest BCUT2D eigenvalue weighted by molar-refractivity contribution is 0.282. The molecule has 0 unspecified atom stereocenters. The third-order valence-corrected chi connectivity index (χ3v) is 4.38. The highest BCUT2D eigenvalue weighted by Crippen LogP contribution is 2.27. The van der Waals surface area contributed by atoms with Crippen LogP contribution in [-0.2, 0) is 13.2 Å². The number of aliphatic hydroxyl groups excluding tert-OH is 1. The zero-order valence-corrected chi connectivity index (χ0v) is 13.0. The maximum Gasteiger partial charge on any atom is 0.214 e. The molecule has 0 fully saturated rings. The first-order valence-corrected chi connectivity index (χ1v) is 7.97. The fourth-order valence-electron chi connectivity index (χ4n) is 2.39. The van der Waals surface area contributed by atoms with E-state index in [0.29, 0.717) is 6.54 Å². The number of anilines is 1. The summed E-state index contributed by atoms with van der Waals surface area (Å²) in [5, 5.41) is 17.9. The molecule has 0 bridgehead atoms. The first-order chi connectivity index (χ1) is 11.3. The molecule has 2 N–H and O–H groups in total. The number of benzene rings is 1. The van der Waals surface area contributed by atoms with Gasteiger partial charge in [-0.2, -0.15) is 0 Å². The van der Waals surface area contributed by atoms with Gasteiger partial charge in [0.2, 0.25) is 10.1 Å². The molecule has 0 aliphatic rings. The highest BCUT2D eigenvalue weighted by Gasteiger charge is 2.12. The van der Waals surface area contributed by atoms with E-state index in [0.717, 1.165) is 32.7 Å². The van der Waals surface area contributed by atoms with Gasteiger partial charge in [-0.05, 0) is 17.7 Å². The monoisotopic (exact) mass is 326 g/mol. The number of imidazole rings is 1. The number of furan rings is 1. The van der Waals surface area contributed by atoms with Gasteiger partial charge in [0.25, 0.3) is 0 Å². The van der Waals surface area contributed by atoms with E-state index in [-0.39, 0.29) is 6.61 Å². The number of aromatic nitrogens is 3. The molecule has 116 valence electrons. The Hall–Kier alpha value is -2.64. The molecule has 7 heteroatoms. The molecule has 4 rings (SSSR count). The van der Waals surface area contributed by atoms with E-state index in [1.54, 1.807) is 10.8 Å². The second kappa shape index (κ2) is 5.86. The minimum Gasteiger partial charge on any atom is -0.467 e. The van der Waals surface area contributed by atoms with Crippen molar-refractivity contribution in [2.45, 2.75) is 13.2 Å². The van der Waals surface area contributed by atoms with Crippen LogP contribution in [0.15, 0.2) is 53.3 Å². The van der Waals surface area contributed by atoms with Crippen LogP contribution in [0.25, 0.3) is 16.2 Å². The second-order valence-corrected chi connectivity index (χ2v) is 5.96. The van der Waals surface area contributed by atoms with Gasteiger partial charge in [0, 0.05) is 5.56 Å². The Kier molecular flexibility index (Phi) is 3.57. The fourth-order valence-corrected chi connectivity index (χ4v) is 3.16. The molecule has 0 aliphatic carbocycles. The molecule has 0 saturated heterocycles.